The van der Waals surface area contributed by atoms with Crippen LogP contribution in [0.2, 0.25) is 0 Å². The number of hydrogen-bond acceptors (Lipinski definition) is 5. The van der Waals surface area contributed by atoms with Gasteiger partial charge >= 0.3 is 12.0 Å². The molecule has 1 aromatic heterocycles. The molecule has 0 aliphatic rings. The summed E-state index contributed by atoms with van der Waals surface area (Å²) in [5.74, 6) is -1.68. The minimum Gasteiger partial charge on any atom is -0.482 e. The van der Waals surface area contributed by atoms with E-state index in [0.29, 0.717) is 0 Å². The monoisotopic (exact) mass is 298 g/mol. The third-order valence-corrected chi connectivity index (χ3v) is 3.05. The summed E-state index contributed by atoms with van der Waals surface area (Å²) in [5, 5.41) is 13.3. The van der Waals surface area contributed by atoms with Gasteiger partial charge in [0.15, 0.2) is 11.5 Å². The molecule has 0 saturated carbocycles. The number of urea groups is 1. The van der Waals surface area contributed by atoms with Gasteiger partial charge in [0.05, 0.1) is 0 Å². The van der Waals surface area contributed by atoms with E-state index in [-0.39, 0.29) is 17.2 Å². The number of carbonyl (C=O) groups excluding carboxylic acids is 2. The van der Waals surface area contributed by atoms with E-state index in [2.05, 4.69) is 11.9 Å². The molecular weight excluding hydrogens is 284 g/mol. The van der Waals surface area contributed by atoms with Crippen LogP contribution < -0.4 is 15.4 Å². The second-order valence-corrected chi connectivity index (χ2v) is 4.95. The summed E-state index contributed by atoms with van der Waals surface area (Å²) >= 11 is 1.05. The first-order chi connectivity index (χ1) is 9.43. The quantitative estimate of drug-likeness (QED) is 0.683. The van der Waals surface area contributed by atoms with Crippen LogP contribution in [0.5, 0.6) is 5.75 Å². The van der Waals surface area contributed by atoms with Crippen molar-refractivity contribution in [1.29, 1.82) is 0 Å². The Hall–Kier alpha value is -2.35. The molecule has 0 aliphatic carbocycles. The molecule has 0 radical (unpaired) electrons. The summed E-state index contributed by atoms with van der Waals surface area (Å²) in [5.41, 5.74) is 0. The molecule has 20 heavy (non-hydrogen) atoms. The van der Waals surface area contributed by atoms with Crippen molar-refractivity contribution in [2.75, 3.05) is 13.2 Å². The van der Waals surface area contributed by atoms with Crippen molar-refractivity contribution >= 4 is 29.2 Å². The van der Waals surface area contributed by atoms with E-state index in [1.165, 1.54) is 12.1 Å². The highest BCUT2D eigenvalue weighted by Gasteiger charge is 2.16. The van der Waals surface area contributed by atoms with Crippen LogP contribution in [0.1, 0.15) is 14.5 Å². The average molecular weight is 298 g/mol. The van der Waals surface area contributed by atoms with E-state index in [9.17, 15) is 14.4 Å². The fraction of sp³-hybridized carbons (Fsp3) is 0.250. The van der Waals surface area contributed by atoms with Gasteiger partial charge in [0.25, 0.3) is 5.91 Å². The van der Waals surface area contributed by atoms with Crippen LogP contribution in [0, 0.1) is 6.92 Å². The number of thiophene rings is 1. The maximum Gasteiger partial charge on any atom is 0.349 e. The van der Waals surface area contributed by atoms with Gasteiger partial charge in [-0.2, -0.15) is 0 Å². The number of carboxylic acids is 1. The zero-order valence-electron chi connectivity index (χ0n) is 10.8. The average Bonchev–Trinajstić information content (AvgIpc) is 2.75. The van der Waals surface area contributed by atoms with Crippen molar-refractivity contribution in [3.05, 3.63) is 28.5 Å². The SMILES string of the molecule is C=CCNC(=O)NC(=O)COc1cc(C)sc1C(=O)O. The Balaban J connectivity index is 2.51. The summed E-state index contributed by atoms with van der Waals surface area (Å²) in [7, 11) is 0. The number of carboxylic acid groups (broad SMARTS) is 1. The lowest BCUT2D eigenvalue weighted by molar-refractivity contribution is -0.122. The highest BCUT2D eigenvalue weighted by atomic mass is 32.1. The molecular formula is C12H14N2O5S. The summed E-state index contributed by atoms with van der Waals surface area (Å²) in [6.07, 6.45) is 1.47. The minimum absolute atomic E-state index is 0.0198. The molecule has 0 saturated heterocycles. The maximum absolute atomic E-state index is 11.4. The number of aryl methyl sites for hydroxylation is 1. The zero-order valence-corrected chi connectivity index (χ0v) is 11.6. The van der Waals surface area contributed by atoms with Gasteiger partial charge in [0.1, 0.15) is 5.75 Å². The van der Waals surface area contributed by atoms with E-state index in [0.717, 1.165) is 16.2 Å². The summed E-state index contributed by atoms with van der Waals surface area (Å²) in [6.45, 7) is 4.92. The van der Waals surface area contributed by atoms with Crippen molar-refractivity contribution in [2.24, 2.45) is 0 Å². The van der Waals surface area contributed by atoms with Gasteiger partial charge < -0.3 is 15.2 Å². The topological polar surface area (TPSA) is 105 Å². The van der Waals surface area contributed by atoms with E-state index in [1.54, 1.807) is 6.92 Å². The number of ether oxygens (including phenoxy) is 1. The second kappa shape index (κ2) is 7.29. The van der Waals surface area contributed by atoms with Crippen molar-refractivity contribution in [3.63, 3.8) is 0 Å². The minimum atomic E-state index is -1.12. The molecule has 0 atom stereocenters. The molecule has 0 spiro atoms. The lowest BCUT2D eigenvalue weighted by Gasteiger charge is -2.06. The van der Waals surface area contributed by atoms with Crippen LogP contribution in [0.15, 0.2) is 18.7 Å². The Morgan fingerprint density at radius 2 is 2.20 bits per heavy atom. The molecule has 0 aromatic carbocycles. The molecule has 3 N–H and O–H groups in total. The Labute approximate surface area is 119 Å². The van der Waals surface area contributed by atoms with E-state index in [1.807, 2.05) is 5.32 Å². The third kappa shape index (κ3) is 4.73. The predicted octanol–water partition coefficient (Wildman–Crippen LogP) is 1.15. The summed E-state index contributed by atoms with van der Waals surface area (Å²) in [6, 6.07) is 0.859. The van der Waals surface area contributed by atoms with Gasteiger partial charge in [-0.1, -0.05) is 6.08 Å². The molecule has 1 aromatic rings. The van der Waals surface area contributed by atoms with Crippen LogP contribution in [0.4, 0.5) is 4.79 Å². The molecule has 8 heteroatoms. The smallest absolute Gasteiger partial charge is 0.349 e. The van der Waals surface area contributed by atoms with Gasteiger partial charge in [0.2, 0.25) is 0 Å². The first kappa shape index (κ1) is 15.7. The number of hydrogen-bond donors (Lipinski definition) is 3. The highest BCUT2D eigenvalue weighted by Crippen LogP contribution is 2.28. The van der Waals surface area contributed by atoms with Crippen molar-refractivity contribution in [2.45, 2.75) is 6.92 Å². The Morgan fingerprint density at radius 3 is 2.80 bits per heavy atom. The fourth-order valence-corrected chi connectivity index (χ4v) is 2.06. The molecule has 0 unspecified atom stereocenters. The van der Waals surface area contributed by atoms with Crippen LogP contribution in [-0.2, 0) is 4.79 Å². The van der Waals surface area contributed by atoms with E-state index < -0.39 is 24.5 Å². The molecule has 1 rings (SSSR count). The van der Waals surface area contributed by atoms with Crippen molar-refractivity contribution in [3.8, 4) is 5.75 Å². The van der Waals surface area contributed by atoms with Crippen LogP contribution in [0.25, 0.3) is 0 Å². The number of nitrogens with one attached hydrogen (secondary N) is 2. The maximum atomic E-state index is 11.4. The van der Waals surface area contributed by atoms with Crippen molar-refractivity contribution < 1.29 is 24.2 Å². The molecule has 3 amide bonds. The van der Waals surface area contributed by atoms with Gasteiger partial charge in [-0.05, 0) is 13.0 Å². The largest absolute Gasteiger partial charge is 0.482 e. The predicted molar refractivity (Wildman–Crippen MR) is 73.2 cm³/mol. The van der Waals surface area contributed by atoms with Gasteiger partial charge in [0, 0.05) is 11.4 Å². The number of amides is 3. The van der Waals surface area contributed by atoms with Gasteiger partial charge in [-0.3, -0.25) is 10.1 Å². The lowest BCUT2D eigenvalue weighted by Crippen LogP contribution is -2.41. The Bertz CT molecular complexity index is 538. The Kier molecular flexibility index (Phi) is 5.73. The first-order valence-electron chi connectivity index (χ1n) is 5.59. The lowest BCUT2D eigenvalue weighted by atomic mass is 10.4. The first-order valence-corrected chi connectivity index (χ1v) is 6.40. The van der Waals surface area contributed by atoms with Gasteiger partial charge in [-0.25, -0.2) is 9.59 Å². The zero-order chi connectivity index (χ0) is 15.1. The normalized spacial score (nSPS) is 9.65. The highest BCUT2D eigenvalue weighted by molar-refractivity contribution is 7.14. The molecule has 0 fully saturated rings. The second-order valence-electron chi connectivity index (χ2n) is 3.69. The van der Waals surface area contributed by atoms with E-state index >= 15 is 0 Å². The molecule has 108 valence electrons. The number of rotatable bonds is 6. The van der Waals surface area contributed by atoms with E-state index in [4.69, 9.17) is 9.84 Å². The van der Waals surface area contributed by atoms with Crippen LogP contribution in [0.3, 0.4) is 0 Å². The molecule has 0 bridgehead atoms. The standard InChI is InChI=1S/C12H14N2O5S/c1-3-4-13-12(18)14-9(15)6-19-8-5-7(2)20-10(8)11(16)17/h3,5H,1,4,6H2,2H3,(H,16,17)(H2,13,14,15,18). The molecule has 1 heterocycles. The van der Waals surface area contributed by atoms with Crippen LogP contribution in [-0.4, -0.2) is 36.2 Å². The van der Waals surface area contributed by atoms with Crippen LogP contribution >= 0.6 is 11.3 Å². The van der Waals surface area contributed by atoms with Gasteiger partial charge in [-0.15, -0.1) is 17.9 Å². The Morgan fingerprint density at radius 1 is 1.50 bits per heavy atom. The number of imide groups is 1. The molecule has 7 nitrogen and oxygen atoms in total. The van der Waals surface area contributed by atoms with Crippen molar-refractivity contribution in [1.82, 2.24) is 10.6 Å². The fourth-order valence-electron chi connectivity index (χ4n) is 1.26. The molecule has 0 aliphatic heterocycles. The summed E-state index contributed by atoms with van der Waals surface area (Å²) in [4.78, 5) is 34.3. The third-order valence-electron chi connectivity index (χ3n) is 2.03. The number of aromatic carboxylic acids is 1. The number of carbonyl (C=O) groups is 3. The summed E-state index contributed by atoms with van der Waals surface area (Å²) < 4.78 is 5.10.